The summed E-state index contributed by atoms with van der Waals surface area (Å²) < 4.78 is 5.01. The Morgan fingerprint density at radius 2 is 2.12 bits per heavy atom. The number of hydrogen-bond acceptors (Lipinski definition) is 3. The first-order valence-electron chi connectivity index (χ1n) is 5.39. The van der Waals surface area contributed by atoms with Gasteiger partial charge in [0, 0.05) is 16.7 Å². The molecular formula is C13H14ClNOS. The Morgan fingerprint density at radius 1 is 1.29 bits per heavy atom. The van der Waals surface area contributed by atoms with Crippen LogP contribution in [0.1, 0.15) is 5.56 Å². The molecule has 0 radical (unpaired) electrons. The Morgan fingerprint density at radius 3 is 2.82 bits per heavy atom. The lowest BCUT2D eigenvalue weighted by atomic mass is 10.1. The van der Waals surface area contributed by atoms with Crippen molar-refractivity contribution < 1.29 is 4.42 Å². The van der Waals surface area contributed by atoms with Crippen LogP contribution in [0.5, 0.6) is 0 Å². The molecule has 17 heavy (non-hydrogen) atoms. The van der Waals surface area contributed by atoms with Crippen molar-refractivity contribution in [3.63, 3.8) is 0 Å². The lowest BCUT2D eigenvalue weighted by Gasteiger charge is -2.10. The summed E-state index contributed by atoms with van der Waals surface area (Å²) in [5.41, 5.74) is 7.19. The molecule has 0 spiro atoms. The van der Waals surface area contributed by atoms with Crippen LogP contribution in [0.25, 0.3) is 0 Å². The second kappa shape index (κ2) is 6.15. The second-order valence-corrected chi connectivity index (χ2v) is 5.31. The quantitative estimate of drug-likeness (QED) is 0.842. The summed E-state index contributed by atoms with van der Waals surface area (Å²) in [6.07, 6.45) is 4.23. The third-order valence-electron chi connectivity index (χ3n) is 2.37. The summed E-state index contributed by atoms with van der Waals surface area (Å²) in [5, 5.41) is 0.785. The van der Waals surface area contributed by atoms with Crippen molar-refractivity contribution in [2.75, 3.05) is 5.75 Å². The van der Waals surface area contributed by atoms with Crippen molar-refractivity contribution >= 4 is 23.4 Å². The minimum atomic E-state index is 0.105. The maximum Gasteiger partial charge on any atom is 0.0935 e. The third-order valence-corrected chi connectivity index (χ3v) is 4.07. The van der Waals surface area contributed by atoms with E-state index in [1.807, 2.05) is 30.3 Å². The number of hydrogen-bond donors (Lipinski definition) is 1. The van der Waals surface area contributed by atoms with Gasteiger partial charge in [0.1, 0.15) is 0 Å². The van der Waals surface area contributed by atoms with Gasteiger partial charge < -0.3 is 10.2 Å². The topological polar surface area (TPSA) is 39.2 Å². The summed E-state index contributed by atoms with van der Waals surface area (Å²) in [6, 6.07) is 9.87. The number of nitrogens with two attached hydrogens (primary N) is 1. The van der Waals surface area contributed by atoms with Gasteiger partial charge in [-0.3, -0.25) is 0 Å². The molecule has 1 atom stereocenters. The summed E-state index contributed by atoms with van der Waals surface area (Å²) in [5.74, 6) is 0.842. The molecule has 4 heteroatoms. The first-order chi connectivity index (χ1) is 8.25. The third kappa shape index (κ3) is 3.80. The molecule has 2 rings (SSSR count). The van der Waals surface area contributed by atoms with Crippen molar-refractivity contribution in [1.29, 1.82) is 0 Å². The number of halogens is 1. The van der Waals surface area contributed by atoms with Crippen molar-refractivity contribution in [2.45, 2.75) is 17.4 Å². The van der Waals surface area contributed by atoms with Crippen LogP contribution in [0, 0.1) is 0 Å². The molecule has 2 nitrogen and oxygen atoms in total. The minimum absolute atomic E-state index is 0.105. The Kier molecular flexibility index (Phi) is 4.54. The van der Waals surface area contributed by atoms with Gasteiger partial charge in [-0.2, -0.15) is 0 Å². The maximum atomic E-state index is 6.07. The molecule has 0 fully saturated rings. The van der Waals surface area contributed by atoms with Gasteiger partial charge in [0.2, 0.25) is 0 Å². The van der Waals surface area contributed by atoms with E-state index < -0.39 is 0 Å². The summed E-state index contributed by atoms with van der Waals surface area (Å²) in [6.45, 7) is 0. The molecule has 0 aliphatic rings. The molecule has 1 unspecified atom stereocenters. The van der Waals surface area contributed by atoms with Gasteiger partial charge in [0.15, 0.2) is 0 Å². The van der Waals surface area contributed by atoms with E-state index in [0.717, 1.165) is 27.7 Å². The Bertz CT molecular complexity index is 458. The molecule has 1 aromatic heterocycles. The zero-order valence-electron chi connectivity index (χ0n) is 9.30. The van der Waals surface area contributed by atoms with Crippen LogP contribution in [0.3, 0.4) is 0 Å². The van der Waals surface area contributed by atoms with Crippen LogP contribution >= 0.6 is 23.4 Å². The average molecular weight is 268 g/mol. The van der Waals surface area contributed by atoms with E-state index in [1.165, 1.54) is 0 Å². The highest BCUT2D eigenvalue weighted by Gasteiger charge is 2.07. The molecule has 90 valence electrons. The van der Waals surface area contributed by atoms with Gasteiger partial charge in [-0.25, -0.2) is 0 Å². The first kappa shape index (κ1) is 12.6. The Balaban J connectivity index is 1.84. The summed E-state index contributed by atoms with van der Waals surface area (Å²) in [7, 11) is 0. The van der Waals surface area contributed by atoms with Crippen molar-refractivity contribution in [1.82, 2.24) is 0 Å². The van der Waals surface area contributed by atoms with Crippen molar-refractivity contribution in [3.8, 4) is 0 Å². The van der Waals surface area contributed by atoms with Gasteiger partial charge in [0.05, 0.1) is 17.5 Å². The highest BCUT2D eigenvalue weighted by molar-refractivity contribution is 7.99. The molecule has 0 aliphatic carbocycles. The van der Waals surface area contributed by atoms with Crippen molar-refractivity contribution in [3.05, 3.63) is 53.4 Å². The van der Waals surface area contributed by atoms with E-state index in [-0.39, 0.29) is 6.04 Å². The molecular weight excluding hydrogens is 254 g/mol. The molecule has 0 bridgehead atoms. The summed E-state index contributed by atoms with van der Waals surface area (Å²) >= 11 is 7.76. The van der Waals surface area contributed by atoms with Crippen LogP contribution in [0.2, 0.25) is 5.02 Å². The van der Waals surface area contributed by atoms with E-state index in [0.29, 0.717) is 0 Å². The zero-order chi connectivity index (χ0) is 12.1. The van der Waals surface area contributed by atoms with E-state index in [4.69, 9.17) is 21.8 Å². The predicted octanol–water partition coefficient (Wildman–Crippen LogP) is 3.60. The predicted molar refractivity (Wildman–Crippen MR) is 72.6 cm³/mol. The highest BCUT2D eigenvalue weighted by Crippen LogP contribution is 2.27. The van der Waals surface area contributed by atoms with Gasteiger partial charge in [0.25, 0.3) is 0 Å². The van der Waals surface area contributed by atoms with E-state index in [1.54, 1.807) is 24.3 Å². The van der Waals surface area contributed by atoms with Crippen LogP contribution in [0.4, 0.5) is 0 Å². The molecule has 1 aromatic carbocycles. The number of thioether (sulfide) groups is 1. The second-order valence-electron chi connectivity index (χ2n) is 3.84. The first-order valence-corrected chi connectivity index (χ1v) is 6.76. The molecule has 0 saturated heterocycles. The molecule has 0 amide bonds. The molecule has 2 N–H and O–H groups in total. The largest absolute Gasteiger partial charge is 0.472 e. The van der Waals surface area contributed by atoms with Crippen LogP contribution in [-0.2, 0) is 6.42 Å². The maximum absolute atomic E-state index is 6.07. The SMILES string of the molecule is NC(CSc1ccccc1Cl)Cc1ccoc1. The number of benzene rings is 1. The fraction of sp³-hybridized carbons (Fsp3) is 0.231. The highest BCUT2D eigenvalue weighted by atomic mass is 35.5. The molecule has 2 aromatic rings. The standard InChI is InChI=1S/C13H14ClNOS/c14-12-3-1-2-4-13(12)17-9-11(15)7-10-5-6-16-8-10/h1-6,8,11H,7,9,15H2. The minimum Gasteiger partial charge on any atom is -0.472 e. The fourth-order valence-corrected chi connectivity index (χ4v) is 2.72. The Labute approximate surface area is 110 Å². The van der Waals surface area contributed by atoms with Gasteiger partial charge in [-0.1, -0.05) is 23.7 Å². The lowest BCUT2D eigenvalue weighted by molar-refractivity contribution is 0.562. The van der Waals surface area contributed by atoms with Crippen molar-refractivity contribution in [2.24, 2.45) is 5.73 Å². The summed E-state index contributed by atoms with van der Waals surface area (Å²) in [4.78, 5) is 1.08. The smallest absolute Gasteiger partial charge is 0.0935 e. The van der Waals surface area contributed by atoms with Crippen LogP contribution in [0.15, 0.2) is 52.2 Å². The normalized spacial score (nSPS) is 12.6. The molecule has 0 saturated carbocycles. The van der Waals surface area contributed by atoms with Gasteiger partial charge >= 0.3 is 0 Å². The molecule has 1 heterocycles. The van der Waals surface area contributed by atoms with E-state index in [9.17, 15) is 0 Å². The van der Waals surface area contributed by atoms with Gasteiger partial charge in [-0.15, -0.1) is 11.8 Å². The van der Waals surface area contributed by atoms with Crippen LogP contribution < -0.4 is 5.73 Å². The van der Waals surface area contributed by atoms with Crippen LogP contribution in [-0.4, -0.2) is 11.8 Å². The van der Waals surface area contributed by atoms with Gasteiger partial charge in [-0.05, 0) is 30.2 Å². The van der Waals surface area contributed by atoms with E-state index >= 15 is 0 Å². The number of rotatable bonds is 5. The lowest BCUT2D eigenvalue weighted by Crippen LogP contribution is -2.25. The fourth-order valence-electron chi connectivity index (χ4n) is 1.53. The Hall–Kier alpha value is -0.900. The average Bonchev–Trinajstić information content (AvgIpc) is 2.81. The zero-order valence-corrected chi connectivity index (χ0v) is 10.9. The van der Waals surface area contributed by atoms with E-state index in [2.05, 4.69) is 0 Å². The number of furan rings is 1. The monoisotopic (exact) mass is 267 g/mol. The molecule has 0 aliphatic heterocycles.